The zero-order chi connectivity index (χ0) is 12.9. The van der Waals surface area contributed by atoms with Crippen molar-refractivity contribution in [3.63, 3.8) is 0 Å². The van der Waals surface area contributed by atoms with E-state index in [2.05, 4.69) is 47.1 Å². The molecule has 0 bridgehead atoms. The third-order valence-electron chi connectivity index (χ3n) is 4.43. The zero-order valence-corrected chi connectivity index (χ0v) is 11.3. The lowest BCUT2D eigenvalue weighted by molar-refractivity contribution is 0.499. The van der Waals surface area contributed by atoms with Crippen LogP contribution in [0.15, 0.2) is 30.3 Å². The molecular weight excluding hydrogens is 234 g/mol. The quantitative estimate of drug-likeness (QED) is 0.892. The number of imidazole rings is 1. The Hall–Kier alpha value is -1.61. The third-order valence-corrected chi connectivity index (χ3v) is 4.43. The van der Waals surface area contributed by atoms with Crippen LogP contribution in [0.3, 0.4) is 0 Å². The van der Waals surface area contributed by atoms with Crippen molar-refractivity contribution in [1.82, 2.24) is 14.9 Å². The van der Waals surface area contributed by atoms with E-state index in [4.69, 9.17) is 4.98 Å². The van der Waals surface area contributed by atoms with Gasteiger partial charge in [-0.1, -0.05) is 30.3 Å². The Bertz CT molecular complexity index is 608. The summed E-state index contributed by atoms with van der Waals surface area (Å²) >= 11 is 0. The summed E-state index contributed by atoms with van der Waals surface area (Å²) in [6.45, 7) is 4.35. The average Bonchev–Trinajstić information content (AvgIpc) is 3.06. The molecule has 3 heteroatoms. The Morgan fingerprint density at radius 1 is 1.21 bits per heavy atom. The predicted molar refractivity (Wildman–Crippen MR) is 76.0 cm³/mol. The standard InChI is InChI=1S/C16H19N3/c1-16(8-9-16)19-14-7-10-17-11-13(14)18-15(19)12-5-3-2-4-6-12/h2-6,17H,7-11H2,1H3. The van der Waals surface area contributed by atoms with Crippen molar-refractivity contribution in [2.24, 2.45) is 0 Å². The molecule has 2 aliphatic rings. The molecule has 0 amide bonds. The lowest BCUT2D eigenvalue weighted by Crippen LogP contribution is -2.27. The first-order valence-corrected chi connectivity index (χ1v) is 7.15. The molecule has 1 aromatic heterocycles. The van der Waals surface area contributed by atoms with Gasteiger partial charge >= 0.3 is 0 Å². The molecule has 0 unspecified atom stereocenters. The summed E-state index contributed by atoms with van der Waals surface area (Å²) in [4.78, 5) is 4.93. The van der Waals surface area contributed by atoms with Crippen LogP contribution in [0.5, 0.6) is 0 Å². The van der Waals surface area contributed by atoms with Crippen molar-refractivity contribution < 1.29 is 0 Å². The molecule has 98 valence electrons. The molecule has 4 rings (SSSR count). The number of rotatable bonds is 2. The maximum atomic E-state index is 4.93. The van der Waals surface area contributed by atoms with Gasteiger partial charge in [-0.25, -0.2) is 4.98 Å². The summed E-state index contributed by atoms with van der Waals surface area (Å²) in [6, 6.07) is 10.6. The summed E-state index contributed by atoms with van der Waals surface area (Å²) in [5.41, 5.74) is 4.25. The minimum Gasteiger partial charge on any atom is -0.322 e. The van der Waals surface area contributed by atoms with Crippen LogP contribution in [-0.2, 0) is 18.5 Å². The fraction of sp³-hybridized carbons (Fsp3) is 0.438. The van der Waals surface area contributed by atoms with Crippen molar-refractivity contribution in [2.45, 2.75) is 38.3 Å². The van der Waals surface area contributed by atoms with Gasteiger partial charge in [0.15, 0.2) is 0 Å². The topological polar surface area (TPSA) is 29.9 Å². The molecule has 1 N–H and O–H groups in total. The summed E-state index contributed by atoms with van der Waals surface area (Å²) in [7, 11) is 0. The number of hydrogen-bond donors (Lipinski definition) is 1. The van der Waals surface area contributed by atoms with Crippen molar-refractivity contribution >= 4 is 0 Å². The van der Waals surface area contributed by atoms with Gasteiger partial charge in [-0.2, -0.15) is 0 Å². The van der Waals surface area contributed by atoms with Crippen LogP contribution in [0.4, 0.5) is 0 Å². The number of hydrogen-bond acceptors (Lipinski definition) is 2. The van der Waals surface area contributed by atoms with Gasteiger partial charge < -0.3 is 9.88 Å². The van der Waals surface area contributed by atoms with Crippen LogP contribution < -0.4 is 5.32 Å². The first-order valence-electron chi connectivity index (χ1n) is 7.15. The molecule has 0 atom stereocenters. The maximum Gasteiger partial charge on any atom is 0.141 e. The molecule has 2 aromatic rings. The van der Waals surface area contributed by atoms with Crippen LogP contribution in [0, 0.1) is 0 Å². The van der Waals surface area contributed by atoms with Gasteiger partial charge in [-0.3, -0.25) is 0 Å². The molecule has 3 nitrogen and oxygen atoms in total. The second-order valence-electron chi connectivity index (χ2n) is 5.95. The molecule has 0 spiro atoms. The number of nitrogens with zero attached hydrogens (tertiary/aromatic N) is 2. The Kier molecular flexibility index (Phi) is 2.33. The van der Waals surface area contributed by atoms with E-state index in [1.807, 2.05) is 0 Å². The third kappa shape index (κ3) is 1.72. The van der Waals surface area contributed by atoms with E-state index in [9.17, 15) is 0 Å². The zero-order valence-electron chi connectivity index (χ0n) is 11.3. The number of aromatic nitrogens is 2. The van der Waals surface area contributed by atoms with E-state index in [1.54, 1.807) is 0 Å². The normalized spacial score (nSPS) is 20.1. The fourth-order valence-corrected chi connectivity index (χ4v) is 3.08. The van der Waals surface area contributed by atoms with Crippen LogP contribution in [0.25, 0.3) is 11.4 Å². The molecule has 19 heavy (non-hydrogen) atoms. The highest BCUT2D eigenvalue weighted by atomic mass is 15.2. The highest BCUT2D eigenvalue weighted by Crippen LogP contribution is 2.47. The summed E-state index contributed by atoms with van der Waals surface area (Å²) in [6.07, 6.45) is 3.66. The largest absolute Gasteiger partial charge is 0.322 e. The van der Waals surface area contributed by atoms with E-state index < -0.39 is 0 Å². The van der Waals surface area contributed by atoms with Gasteiger partial charge in [0.1, 0.15) is 5.82 Å². The number of fused-ring (bicyclic) bond motifs is 1. The fourth-order valence-electron chi connectivity index (χ4n) is 3.08. The monoisotopic (exact) mass is 253 g/mol. The highest BCUT2D eigenvalue weighted by molar-refractivity contribution is 5.58. The Morgan fingerprint density at radius 2 is 2.00 bits per heavy atom. The molecule has 1 saturated carbocycles. The Balaban J connectivity index is 1.93. The van der Waals surface area contributed by atoms with Crippen molar-refractivity contribution in [1.29, 1.82) is 0 Å². The second kappa shape index (κ2) is 3.94. The van der Waals surface area contributed by atoms with Crippen molar-refractivity contribution in [3.05, 3.63) is 41.7 Å². The summed E-state index contributed by atoms with van der Waals surface area (Å²) < 4.78 is 2.53. The van der Waals surface area contributed by atoms with Crippen molar-refractivity contribution in [2.75, 3.05) is 6.54 Å². The van der Waals surface area contributed by atoms with Gasteiger partial charge in [-0.05, 0) is 19.8 Å². The number of nitrogens with one attached hydrogen (secondary N) is 1. The van der Waals surface area contributed by atoms with E-state index in [-0.39, 0.29) is 0 Å². The second-order valence-corrected chi connectivity index (χ2v) is 5.95. The molecule has 2 heterocycles. The lowest BCUT2D eigenvalue weighted by atomic mass is 10.1. The summed E-state index contributed by atoms with van der Waals surface area (Å²) in [5, 5.41) is 3.43. The SMILES string of the molecule is CC1(n2c(-c3ccccc3)nc3c2CCNC3)CC1. The van der Waals surface area contributed by atoms with Gasteiger partial charge in [0, 0.05) is 36.3 Å². The van der Waals surface area contributed by atoms with Gasteiger partial charge in [0.2, 0.25) is 0 Å². The maximum absolute atomic E-state index is 4.93. The molecule has 1 aromatic carbocycles. The van der Waals surface area contributed by atoms with E-state index in [1.165, 1.54) is 29.8 Å². The van der Waals surface area contributed by atoms with Crippen LogP contribution in [-0.4, -0.2) is 16.1 Å². The molecule has 0 saturated heterocycles. The first kappa shape index (κ1) is 11.2. The van der Waals surface area contributed by atoms with Gasteiger partial charge in [-0.15, -0.1) is 0 Å². The molecule has 1 aliphatic carbocycles. The summed E-state index contributed by atoms with van der Waals surface area (Å²) in [5.74, 6) is 1.16. The molecule has 0 radical (unpaired) electrons. The van der Waals surface area contributed by atoms with Crippen molar-refractivity contribution in [3.8, 4) is 11.4 Å². The minimum absolute atomic E-state index is 0.309. The minimum atomic E-state index is 0.309. The number of benzene rings is 1. The molecular formula is C16H19N3. The van der Waals surface area contributed by atoms with Crippen LogP contribution in [0.2, 0.25) is 0 Å². The predicted octanol–water partition coefficient (Wildman–Crippen LogP) is 2.70. The van der Waals surface area contributed by atoms with Gasteiger partial charge in [0.05, 0.1) is 5.69 Å². The van der Waals surface area contributed by atoms with E-state index in [0.717, 1.165) is 25.3 Å². The van der Waals surface area contributed by atoms with Crippen LogP contribution in [0.1, 0.15) is 31.2 Å². The lowest BCUT2D eigenvalue weighted by Gasteiger charge is -2.21. The average molecular weight is 253 g/mol. The van der Waals surface area contributed by atoms with Gasteiger partial charge in [0.25, 0.3) is 0 Å². The van der Waals surface area contributed by atoms with E-state index >= 15 is 0 Å². The van der Waals surface area contributed by atoms with Crippen LogP contribution >= 0.6 is 0 Å². The smallest absolute Gasteiger partial charge is 0.141 e. The highest BCUT2D eigenvalue weighted by Gasteiger charge is 2.43. The Morgan fingerprint density at radius 3 is 2.74 bits per heavy atom. The molecule has 1 fully saturated rings. The first-order chi connectivity index (χ1) is 9.28. The Labute approximate surface area is 113 Å². The molecule has 1 aliphatic heterocycles. The van der Waals surface area contributed by atoms with E-state index in [0.29, 0.717) is 5.54 Å².